The Balaban J connectivity index is 1.78. The number of hydrogen-bond donors (Lipinski definition) is 2. The number of fused-ring (bicyclic) bond motifs is 1. The van der Waals surface area contributed by atoms with Gasteiger partial charge in [-0.15, -0.1) is 11.3 Å². The number of anilines is 1. The smallest absolute Gasteiger partial charge is 0.251 e. The van der Waals surface area contributed by atoms with Crippen LogP contribution in [-0.4, -0.2) is 11.8 Å². The van der Waals surface area contributed by atoms with Crippen LogP contribution in [0.4, 0.5) is 5.00 Å². The van der Waals surface area contributed by atoms with Gasteiger partial charge in [0.25, 0.3) is 5.91 Å². The summed E-state index contributed by atoms with van der Waals surface area (Å²) in [5.74, 6) is -0.0687. The predicted octanol–water partition coefficient (Wildman–Crippen LogP) is 4.32. The van der Waals surface area contributed by atoms with Crippen LogP contribution in [0.25, 0.3) is 6.08 Å². The van der Waals surface area contributed by atoms with E-state index in [1.54, 1.807) is 6.08 Å². The van der Waals surface area contributed by atoms with Gasteiger partial charge in [0, 0.05) is 11.0 Å². The van der Waals surface area contributed by atoms with Crippen molar-refractivity contribution in [1.29, 1.82) is 0 Å². The average molecular weight is 369 g/mol. The van der Waals surface area contributed by atoms with Crippen molar-refractivity contribution in [1.82, 2.24) is 0 Å². The zero-order chi connectivity index (χ0) is 18.7. The fourth-order valence-electron chi connectivity index (χ4n) is 3.35. The van der Waals surface area contributed by atoms with Gasteiger partial charge in [-0.2, -0.15) is 0 Å². The molecule has 0 fully saturated rings. The molecule has 1 aliphatic rings. The first-order valence-corrected chi connectivity index (χ1v) is 9.79. The van der Waals surface area contributed by atoms with Crippen molar-refractivity contribution in [3.8, 4) is 0 Å². The second-order valence-corrected chi connectivity index (χ2v) is 7.93. The fraction of sp³-hybridized carbons (Fsp3) is 0.333. The lowest BCUT2D eigenvalue weighted by Crippen LogP contribution is -2.19. The van der Waals surface area contributed by atoms with Crippen molar-refractivity contribution < 1.29 is 9.59 Å². The van der Waals surface area contributed by atoms with Crippen molar-refractivity contribution in [2.24, 2.45) is 11.7 Å². The zero-order valence-corrected chi connectivity index (χ0v) is 16.0. The van der Waals surface area contributed by atoms with E-state index < -0.39 is 5.91 Å². The Morgan fingerprint density at radius 3 is 2.69 bits per heavy atom. The summed E-state index contributed by atoms with van der Waals surface area (Å²) in [6.07, 6.45) is 7.28. The highest BCUT2D eigenvalue weighted by molar-refractivity contribution is 7.17. The zero-order valence-electron chi connectivity index (χ0n) is 15.2. The molecule has 5 heteroatoms. The summed E-state index contributed by atoms with van der Waals surface area (Å²) >= 11 is 1.49. The molecule has 4 nitrogen and oxygen atoms in total. The van der Waals surface area contributed by atoms with Crippen LogP contribution in [0.5, 0.6) is 0 Å². The minimum atomic E-state index is -0.463. The number of primary amides is 1. The van der Waals surface area contributed by atoms with E-state index in [0.717, 1.165) is 36.8 Å². The van der Waals surface area contributed by atoms with Crippen molar-refractivity contribution in [3.63, 3.8) is 0 Å². The fourth-order valence-corrected chi connectivity index (χ4v) is 4.72. The van der Waals surface area contributed by atoms with Gasteiger partial charge in [0.15, 0.2) is 0 Å². The first-order valence-electron chi connectivity index (χ1n) is 8.98. The van der Waals surface area contributed by atoms with E-state index in [4.69, 9.17) is 5.73 Å². The maximum absolute atomic E-state index is 12.3. The summed E-state index contributed by atoms with van der Waals surface area (Å²) in [5.41, 5.74) is 9.26. The second-order valence-electron chi connectivity index (χ2n) is 6.82. The van der Waals surface area contributed by atoms with Crippen molar-refractivity contribution in [3.05, 3.63) is 57.5 Å². The molecule has 0 bridgehead atoms. The van der Waals surface area contributed by atoms with Crippen LogP contribution >= 0.6 is 11.3 Å². The van der Waals surface area contributed by atoms with Gasteiger partial charge in [0.1, 0.15) is 5.00 Å². The lowest BCUT2D eigenvalue weighted by molar-refractivity contribution is -0.111. The van der Waals surface area contributed by atoms with Gasteiger partial charge in [-0.3, -0.25) is 9.59 Å². The van der Waals surface area contributed by atoms with Crippen LogP contribution in [0, 0.1) is 12.8 Å². The summed E-state index contributed by atoms with van der Waals surface area (Å²) in [6, 6.07) is 7.92. The number of aryl methyl sites for hydroxylation is 1. The monoisotopic (exact) mass is 368 g/mol. The van der Waals surface area contributed by atoms with Crippen LogP contribution in [-0.2, 0) is 17.6 Å². The predicted molar refractivity (Wildman–Crippen MR) is 107 cm³/mol. The molecule has 0 radical (unpaired) electrons. The summed E-state index contributed by atoms with van der Waals surface area (Å²) in [7, 11) is 0. The third kappa shape index (κ3) is 4.05. The van der Waals surface area contributed by atoms with Gasteiger partial charge in [-0.25, -0.2) is 0 Å². The lowest BCUT2D eigenvalue weighted by atomic mass is 9.85. The Labute approximate surface area is 158 Å². The molecule has 0 saturated carbocycles. The number of nitrogens with one attached hydrogen (secondary N) is 1. The van der Waals surface area contributed by atoms with E-state index in [0.29, 0.717) is 16.5 Å². The van der Waals surface area contributed by atoms with E-state index >= 15 is 0 Å². The molecule has 2 aromatic rings. The second kappa shape index (κ2) is 7.87. The quantitative estimate of drug-likeness (QED) is 0.771. The van der Waals surface area contributed by atoms with Crippen LogP contribution < -0.4 is 11.1 Å². The van der Waals surface area contributed by atoms with E-state index in [1.165, 1.54) is 27.9 Å². The lowest BCUT2D eigenvalue weighted by Gasteiger charge is -2.20. The van der Waals surface area contributed by atoms with Gasteiger partial charge in [-0.05, 0) is 49.3 Å². The highest BCUT2D eigenvalue weighted by atomic mass is 32.1. The molecule has 3 N–H and O–H groups in total. The molecule has 2 amide bonds. The van der Waals surface area contributed by atoms with Gasteiger partial charge < -0.3 is 11.1 Å². The van der Waals surface area contributed by atoms with Gasteiger partial charge in [0.05, 0.1) is 5.56 Å². The third-order valence-electron chi connectivity index (χ3n) is 4.93. The topological polar surface area (TPSA) is 72.2 Å². The summed E-state index contributed by atoms with van der Waals surface area (Å²) < 4.78 is 0. The number of hydrogen-bond acceptors (Lipinski definition) is 3. The summed E-state index contributed by atoms with van der Waals surface area (Å²) in [4.78, 5) is 25.5. The van der Waals surface area contributed by atoms with Gasteiger partial charge in [0.2, 0.25) is 5.91 Å². The van der Waals surface area contributed by atoms with Crippen molar-refractivity contribution >= 4 is 34.2 Å². The van der Waals surface area contributed by atoms with Crippen LogP contribution in [0.1, 0.15) is 51.7 Å². The minimum absolute atomic E-state index is 0.251. The normalized spacial score (nSPS) is 16.5. The number of thiophene rings is 1. The molecule has 0 aliphatic heterocycles. The van der Waals surface area contributed by atoms with E-state index in [9.17, 15) is 9.59 Å². The van der Waals surface area contributed by atoms with Crippen LogP contribution in [0.3, 0.4) is 0 Å². The molecule has 1 aromatic carbocycles. The molecule has 1 aromatic heterocycles. The Morgan fingerprint density at radius 2 is 2.04 bits per heavy atom. The molecule has 1 unspecified atom stereocenters. The number of nitrogens with two attached hydrogens (primary N) is 1. The maximum atomic E-state index is 12.3. The summed E-state index contributed by atoms with van der Waals surface area (Å²) in [5, 5.41) is 3.44. The number of benzene rings is 1. The molecule has 136 valence electrons. The molecule has 26 heavy (non-hydrogen) atoms. The standard InChI is InChI=1S/C21H24N2O2S/c1-3-14-8-10-16-17(12-14)26-21(19(16)20(22)25)23-18(24)11-9-15-6-4-13(2)5-7-15/h4-7,9,11,14H,3,8,10,12H2,1-2H3,(H2,22,25)(H,23,24). The molecule has 1 atom stereocenters. The molecule has 1 heterocycles. The van der Waals surface area contributed by atoms with Crippen molar-refractivity contribution in [2.45, 2.75) is 39.5 Å². The number of amides is 2. The Morgan fingerprint density at radius 1 is 1.31 bits per heavy atom. The Bertz CT molecular complexity index is 850. The van der Waals surface area contributed by atoms with E-state index in [-0.39, 0.29) is 5.91 Å². The third-order valence-corrected chi connectivity index (χ3v) is 6.10. The number of carbonyl (C=O) groups is 2. The highest BCUT2D eigenvalue weighted by Crippen LogP contribution is 2.40. The molecular formula is C21H24N2O2S. The highest BCUT2D eigenvalue weighted by Gasteiger charge is 2.27. The van der Waals surface area contributed by atoms with E-state index in [1.807, 2.05) is 31.2 Å². The molecule has 0 saturated heterocycles. The maximum Gasteiger partial charge on any atom is 0.251 e. The number of carbonyl (C=O) groups excluding carboxylic acids is 2. The first kappa shape index (κ1) is 18.4. The molecule has 0 spiro atoms. The Hall–Kier alpha value is -2.40. The minimum Gasteiger partial charge on any atom is -0.365 e. The van der Waals surface area contributed by atoms with Crippen molar-refractivity contribution in [2.75, 3.05) is 5.32 Å². The van der Waals surface area contributed by atoms with Gasteiger partial charge in [-0.1, -0.05) is 43.2 Å². The summed E-state index contributed by atoms with van der Waals surface area (Å²) in [6.45, 7) is 4.21. The van der Waals surface area contributed by atoms with Crippen LogP contribution in [0.15, 0.2) is 30.3 Å². The Kier molecular flexibility index (Phi) is 5.57. The van der Waals surface area contributed by atoms with Gasteiger partial charge >= 0.3 is 0 Å². The molecular weight excluding hydrogens is 344 g/mol. The largest absolute Gasteiger partial charge is 0.365 e. The first-order chi connectivity index (χ1) is 12.5. The molecule has 3 rings (SSSR count). The van der Waals surface area contributed by atoms with E-state index in [2.05, 4.69) is 12.2 Å². The van der Waals surface area contributed by atoms with Crippen LogP contribution in [0.2, 0.25) is 0 Å². The number of rotatable bonds is 5. The molecule has 1 aliphatic carbocycles. The average Bonchev–Trinajstić information content (AvgIpc) is 2.98. The SMILES string of the molecule is CCC1CCc2c(sc(NC(=O)C=Cc3ccc(C)cc3)c2C(N)=O)C1.